The fraction of sp³-hybridized carbons (Fsp3) is 0.333. The van der Waals surface area contributed by atoms with Gasteiger partial charge in [-0.3, -0.25) is 10.1 Å². The first-order chi connectivity index (χ1) is 10.6. The number of nitro groups is 1. The van der Waals surface area contributed by atoms with Gasteiger partial charge in [0.15, 0.2) is 0 Å². The average molecular weight is 322 g/mol. The van der Waals surface area contributed by atoms with Crippen LogP contribution in [0.4, 0.5) is 10.5 Å². The predicted octanol–water partition coefficient (Wildman–Crippen LogP) is 2.83. The first kappa shape index (κ1) is 18.1. The largest absolute Gasteiger partial charge is 0.477 e. The number of ether oxygens (including phenoxy) is 1. The Morgan fingerprint density at radius 1 is 1.39 bits per heavy atom. The number of carboxylic acids is 1. The zero-order valence-electron chi connectivity index (χ0n) is 13.0. The average Bonchev–Trinajstić information content (AvgIpc) is 2.41. The summed E-state index contributed by atoms with van der Waals surface area (Å²) in [6.07, 6.45) is 2.56. The Kier molecular flexibility index (Phi) is 5.83. The Morgan fingerprint density at radius 3 is 2.57 bits per heavy atom. The van der Waals surface area contributed by atoms with Gasteiger partial charge in [0.1, 0.15) is 11.2 Å². The molecule has 0 radical (unpaired) electrons. The minimum atomic E-state index is -1.38. The highest BCUT2D eigenvalue weighted by atomic mass is 16.6. The number of carbonyl (C=O) groups excluding carboxylic acids is 1. The van der Waals surface area contributed by atoms with Crippen LogP contribution >= 0.6 is 0 Å². The van der Waals surface area contributed by atoms with Crippen LogP contribution in [0, 0.1) is 10.1 Å². The second-order valence-corrected chi connectivity index (χ2v) is 5.62. The fourth-order valence-electron chi connectivity index (χ4n) is 1.64. The number of nitrogens with one attached hydrogen (secondary N) is 1. The van der Waals surface area contributed by atoms with Gasteiger partial charge in [-0.25, -0.2) is 9.59 Å². The Labute approximate surface area is 132 Å². The number of hydrogen-bond donors (Lipinski definition) is 2. The maximum atomic E-state index is 11.4. The minimum absolute atomic E-state index is 0.175. The van der Waals surface area contributed by atoms with E-state index >= 15 is 0 Å². The zero-order valence-corrected chi connectivity index (χ0v) is 13.0. The van der Waals surface area contributed by atoms with Gasteiger partial charge in [-0.15, -0.1) is 0 Å². The summed E-state index contributed by atoms with van der Waals surface area (Å²) in [5.41, 5.74) is -0.986. The lowest BCUT2D eigenvalue weighted by Crippen LogP contribution is -2.32. The Morgan fingerprint density at radius 2 is 2.04 bits per heavy atom. The molecule has 0 saturated carbocycles. The molecule has 1 rings (SSSR count). The lowest BCUT2D eigenvalue weighted by Gasteiger charge is -2.19. The molecule has 1 aromatic rings. The molecule has 0 fully saturated rings. The van der Waals surface area contributed by atoms with Gasteiger partial charge in [-0.1, -0.05) is 12.2 Å². The van der Waals surface area contributed by atoms with Gasteiger partial charge in [0.25, 0.3) is 5.69 Å². The van der Waals surface area contributed by atoms with E-state index in [4.69, 9.17) is 9.84 Å². The molecule has 1 aromatic carbocycles. The summed E-state index contributed by atoms with van der Waals surface area (Å²) in [6.45, 7) is 5.40. The first-order valence-electron chi connectivity index (χ1n) is 6.75. The van der Waals surface area contributed by atoms with Gasteiger partial charge in [0.05, 0.1) is 4.92 Å². The van der Waals surface area contributed by atoms with Gasteiger partial charge in [-0.2, -0.15) is 0 Å². The molecule has 1 amide bonds. The van der Waals surface area contributed by atoms with Gasteiger partial charge >= 0.3 is 12.1 Å². The quantitative estimate of drug-likeness (QED) is 0.635. The highest BCUT2D eigenvalue weighted by Crippen LogP contribution is 2.20. The molecular formula is C15H18N2O6. The van der Waals surface area contributed by atoms with Crippen molar-refractivity contribution in [2.24, 2.45) is 0 Å². The van der Waals surface area contributed by atoms with Crippen molar-refractivity contribution in [2.75, 3.05) is 6.54 Å². The third kappa shape index (κ3) is 6.16. The number of alkyl carbamates (subject to hydrolysis) is 1. The molecule has 0 aliphatic rings. The van der Waals surface area contributed by atoms with Crippen LogP contribution in [-0.4, -0.2) is 34.2 Å². The predicted molar refractivity (Wildman–Crippen MR) is 83.3 cm³/mol. The molecule has 23 heavy (non-hydrogen) atoms. The lowest BCUT2D eigenvalue weighted by atomic mass is 10.1. The monoisotopic (exact) mass is 322 g/mol. The molecule has 0 unspecified atom stereocenters. The van der Waals surface area contributed by atoms with E-state index in [0.29, 0.717) is 5.56 Å². The SMILES string of the molecule is CC(C)(C)OC(=O)NCC=Cc1ccc([N+](=O)[O-])c(C(=O)O)c1. The molecule has 8 nitrogen and oxygen atoms in total. The summed E-state index contributed by atoms with van der Waals surface area (Å²) >= 11 is 0. The summed E-state index contributed by atoms with van der Waals surface area (Å²) in [5, 5.41) is 22.2. The molecule has 0 heterocycles. The van der Waals surface area contributed by atoms with E-state index in [0.717, 1.165) is 6.07 Å². The summed E-state index contributed by atoms with van der Waals surface area (Å²) in [5.74, 6) is -1.38. The number of carbonyl (C=O) groups is 2. The third-order valence-electron chi connectivity index (χ3n) is 2.52. The van der Waals surface area contributed by atoms with Crippen LogP contribution in [0.25, 0.3) is 6.08 Å². The number of nitrogens with zero attached hydrogens (tertiary/aromatic N) is 1. The van der Waals surface area contributed by atoms with Crippen molar-refractivity contribution >= 4 is 23.8 Å². The Balaban J connectivity index is 2.71. The maximum Gasteiger partial charge on any atom is 0.407 e. The second-order valence-electron chi connectivity index (χ2n) is 5.62. The summed E-state index contributed by atoms with van der Waals surface area (Å²) in [4.78, 5) is 32.4. The lowest BCUT2D eigenvalue weighted by molar-refractivity contribution is -0.385. The van der Waals surface area contributed by atoms with E-state index < -0.39 is 33.8 Å². The molecule has 0 aliphatic heterocycles. The number of rotatable bonds is 5. The van der Waals surface area contributed by atoms with Gasteiger partial charge in [-0.05, 0) is 38.5 Å². The topological polar surface area (TPSA) is 119 Å². The fourth-order valence-corrected chi connectivity index (χ4v) is 1.64. The molecule has 0 atom stereocenters. The molecule has 2 N–H and O–H groups in total. The van der Waals surface area contributed by atoms with Crippen LogP contribution in [0.5, 0.6) is 0 Å². The Hall–Kier alpha value is -2.90. The zero-order chi connectivity index (χ0) is 17.6. The summed E-state index contributed by atoms with van der Waals surface area (Å²) in [7, 11) is 0. The van der Waals surface area contributed by atoms with Crippen molar-refractivity contribution in [1.82, 2.24) is 5.32 Å². The smallest absolute Gasteiger partial charge is 0.407 e. The van der Waals surface area contributed by atoms with Gasteiger partial charge < -0.3 is 15.2 Å². The van der Waals surface area contributed by atoms with Crippen molar-refractivity contribution in [3.8, 4) is 0 Å². The molecule has 0 aliphatic carbocycles. The van der Waals surface area contributed by atoms with Crippen LogP contribution < -0.4 is 5.32 Å². The van der Waals surface area contributed by atoms with E-state index in [2.05, 4.69) is 5.32 Å². The Bertz CT molecular complexity index is 646. The molecule has 0 aromatic heterocycles. The van der Waals surface area contributed by atoms with Crippen LogP contribution in [0.15, 0.2) is 24.3 Å². The number of aromatic carboxylic acids is 1. The molecular weight excluding hydrogens is 304 g/mol. The van der Waals surface area contributed by atoms with Crippen molar-refractivity contribution in [3.63, 3.8) is 0 Å². The highest BCUT2D eigenvalue weighted by molar-refractivity contribution is 5.93. The molecule has 8 heteroatoms. The van der Waals surface area contributed by atoms with Crippen molar-refractivity contribution in [3.05, 3.63) is 45.5 Å². The number of hydrogen-bond acceptors (Lipinski definition) is 5. The molecule has 0 saturated heterocycles. The molecule has 0 spiro atoms. The maximum absolute atomic E-state index is 11.4. The standard InChI is InChI=1S/C15H18N2O6/c1-15(2,3)23-14(20)16-8-4-5-10-6-7-12(17(21)22)11(9-10)13(18)19/h4-7,9H,8H2,1-3H3,(H,16,20)(H,18,19). The van der Waals surface area contributed by atoms with Crippen LogP contribution in [0.1, 0.15) is 36.7 Å². The normalized spacial score (nSPS) is 11.3. The van der Waals surface area contributed by atoms with Gasteiger partial charge in [0.2, 0.25) is 0 Å². The third-order valence-corrected chi connectivity index (χ3v) is 2.52. The number of amides is 1. The summed E-state index contributed by atoms with van der Waals surface area (Å²) in [6, 6.07) is 3.75. The number of benzene rings is 1. The first-order valence-corrected chi connectivity index (χ1v) is 6.75. The van der Waals surface area contributed by atoms with E-state index in [-0.39, 0.29) is 6.54 Å². The van der Waals surface area contributed by atoms with Crippen molar-refractivity contribution < 1.29 is 24.4 Å². The van der Waals surface area contributed by atoms with Crippen molar-refractivity contribution in [1.29, 1.82) is 0 Å². The summed E-state index contributed by atoms with van der Waals surface area (Å²) < 4.78 is 5.05. The van der Waals surface area contributed by atoms with Crippen LogP contribution in [0.3, 0.4) is 0 Å². The van der Waals surface area contributed by atoms with E-state index in [1.807, 2.05) is 0 Å². The van der Waals surface area contributed by atoms with Crippen molar-refractivity contribution in [2.45, 2.75) is 26.4 Å². The van der Waals surface area contributed by atoms with Crippen LogP contribution in [-0.2, 0) is 4.74 Å². The molecule has 0 bridgehead atoms. The minimum Gasteiger partial charge on any atom is -0.477 e. The van der Waals surface area contributed by atoms with Gasteiger partial charge in [0, 0.05) is 12.6 Å². The van der Waals surface area contributed by atoms with Crippen LogP contribution in [0.2, 0.25) is 0 Å². The number of carboxylic acid groups (broad SMARTS) is 1. The number of nitro benzene ring substituents is 1. The van der Waals surface area contributed by atoms with E-state index in [1.165, 1.54) is 12.1 Å². The molecule has 124 valence electrons. The second kappa shape index (κ2) is 7.39. The van der Waals surface area contributed by atoms with E-state index in [1.54, 1.807) is 32.9 Å². The highest BCUT2D eigenvalue weighted by Gasteiger charge is 2.19. The van der Waals surface area contributed by atoms with E-state index in [9.17, 15) is 19.7 Å².